The van der Waals surface area contributed by atoms with Gasteiger partial charge in [0.05, 0.1) is 0 Å². The summed E-state index contributed by atoms with van der Waals surface area (Å²) in [6.07, 6.45) is 7.99. The van der Waals surface area contributed by atoms with Crippen LogP contribution in [0.2, 0.25) is 0 Å². The molecule has 35 heavy (non-hydrogen) atoms. The second-order valence-corrected chi connectivity index (χ2v) is 11.1. The summed E-state index contributed by atoms with van der Waals surface area (Å²) in [4.78, 5) is 0. The van der Waals surface area contributed by atoms with Gasteiger partial charge >= 0.3 is 0 Å². The van der Waals surface area contributed by atoms with Gasteiger partial charge in [-0.05, 0) is 64.1 Å². The Morgan fingerprint density at radius 1 is 0.743 bits per heavy atom. The first-order valence-electron chi connectivity index (χ1n) is 13.6. The van der Waals surface area contributed by atoms with Crippen molar-refractivity contribution in [2.75, 3.05) is 0 Å². The second kappa shape index (κ2) is 8.55. The Balaban J connectivity index is 0.000000727. The molecule has 5 aromatic carbocycles. The third-order valence-corrected chi connectivity index (χ3v) is 8.24. The maximum absolute atomic E-state index is 6.62. The minimum absolute atomic E-state index is 0.0976. The molecule has 5 aromatic rings. The molecule has 1 saturated carbocycles. The largest absolute Gasteiger partial charge is 0.456 e. The van der Waals surface area contributed by atoms with Crippen LogP contribution in [-0.4, -0.2) is 0 Å². The highest BCUT2D eigenvalue weighted by molar-refractivity contribution is 6.25. The number of hydrogen-bond acceptors (Lipinski definition) is 1. The molecule has 0 unspecified atom stereocenters. The van der Waals surface area contributed by atoms with Crippen LogP contribution >= 0.6 is 0 Å². The van der Waals surface area contributed by atoms with E-state index in [1.807, 2.05) is 0 Å². The van der Waals surface area contributed by atoms with Crippen molar-refractivity contribution in [1.82, 2.24) is 0 Å². The van der Waals surface area contributed by atoms with Crippen molar-refractivity contribution in [3.05, 3.63) is 83.4 Å². The van der Waals surface area contributed by atoms with E-state index in [9.17, 15) is 0 Å². The zero-order valence-electron chi connectivity index (χ0n) is 21.6. The van der Waals surface area contributed by atoms with Gasteiger partial charge in [0.15, 0.2) is 0 Å². The average Bonchev–Trinajstić information content (AvgIpc) is 2.88. The lowest BCUT2D eigenvalue weighted by molar-refractivity contribution is 0.423. The summed E-state index contributed by atoms with van der Waals surface area (Å²) in [7, 11) is 0. The van der Waals surface area contributed by atoms with Crippen molar-refractivity contribution >= 4 is 32.3 Å². The molecule has 0 spiro atoms. The van der Waals surface area contributed by atoms with Crippen molar-refractivity contribution < 1.29 is 4.74 Å². The van der Waals surface area contributed by atoms with Crippen molar-refractivity contribution in [1.29, 1.82) is 0 Å². The molecule has 1 aliphatic heterocycles. The predicted molar refractivity (Wildman–Crippen MR) is 151 cm³/mol. The SMILES string of the molecule is CC1(C)c2ccccc2Oc2c1cc1cc(C3CCCCC3)c3cccc4ccc2c1c43.CCC. The molecule has 1 fully saturated rings. The Bertz CT molecular complexity index is 1520. The Morgan fingerprint density at radius 2 is 1.49 bits per heavy atom. The van der Waals surface area contributed by atoms with E-state index in [0.29, 0.717) is 5.92 Å². The van der Waals surface area contributed by atoms with Gasteiger partial charge in [0.1, 0.15) is 11.5 Å². The minimum Gasteiger partial charge on any atom is -0.456 e. The van der Waals surface area contributed by atoms with E-state index >= 15 is 0 Å². The number of hydrogen-bond donors (Lipinski definition) is 0. The van der Waals surface area contributed by atoms with Gasteiger partial charge in [0.25, 0.3) is 0 Å². The monoisotopic (exact) mass is 460 g/mol. The zero-order chi connectivity index (χ0) is 24.2. The van der Waals surface area contributed by atoms with Crippen molar-refractivity contribution in [2.45, 2.75) is 77.6 Å². The van der Waals surface area contributed by atoms with Crippen molar-refractivity contribution in [3.8, 4) is 11.5 Å². The molecule has 0 radical (unpaired) electrons. The number of fused-ring (bicyclic) bond motifs is 3. The van der Waals surface area contributed by atoms with Gasteiger partial charge in [-0.1, -0.05) is 102 Å². The van der Waals surface area contributed by atoms with Crippen LogP contribution in [0.5, 0.6) is 11.5 Å². The predicted octanol–water partition coefficient (Wildman–Crippen LogP) is 10.5. The van der Waals surface area contributed by atoms with Gasteiger partial charge in [-0.15, -0.1) is 0 Å². The number of rotatable bonds is 1. The highest BCUT2D eigenvalue weighted by Gasteiger charge is 2.36. The van der Waals surface area contributed by atoms with Gasteiger partial charge in [0.2, 0.25) is 0 Å². The molecular formula is C34H36O. The molecule has 0 atom stereocenters. The topological polar surface area (TPSA) is 9.23 Å². The number of ether oxygens (including phenoxy) is 1. The summed E-state index contributed by atoms with van der Waals surface area (Å²) in [6, 6.07) is 24.9. The molecule has 0 N–H and O–H groups in total. The highest BCUT2D eigenvalue weighted by Crippen LogP contribution is 2.53. The van der Waals surface area contributed by atoms with E-state index in [-0.39, 0.29) is 5.41 Å². The molecule has 1 aliphatic carbocycles. The van der Waals surface area contributed by atoms with E-state index in [4.69, 9.17) is 4.74 Å². The molecule has 0 aromatic heterocycles. The molecular weight excluding hydrogens is 424 g/mol. The lowest BCUT2D eigenvalue weighted by Gasteiger charge is -2.36. The third-order valence-electron chi connectivity index (χ3n) is 8.24. The Hall–Kier alpha value is -3.06. The van der Waals surface area contributed by atoms with Crippen LogP contribution in [0.25, 0.3) is 32.3 Å². The average molecular weight is 461 g/mol. The Morgan fingerprint density at radius 3 is 2.29 bits per heavy atom. The van der Waals surface area contributed by atoms with Gasteiger partial charge in [-0.2, -0.15) is 0 Å². The summed E-state index contributed by atoms with van der Waals surface area (Å²) in [5.74, 6) is 2.71. The number of para-hydroxylation sites is 1. The summed E-state index contributed by atoms with van der Waals surface area (Å²) in [5.41, 5.74) is 4.04. The molecule has 178 valence electrons. The second-order valence-electron chi connectivity index (χ2n) is 11.1. The summed E-state index contributed by atoms with van der Waals surface area (Å²) in [5, 5.41) is 8.20. The van der Waals surface area contributed by atoms with E-state index in [1.165, 1.54) is 82.0 Å². The van der Waals surface area contributed by atoms with Crippen LogP contribution in [0.1, 0.15) is 88.8 Å². The van der Waals surface area contributed by atoms with E-state index < -0.39 is 0 Å². The zero-order valence-corrected chi connectivity index (χ0v) is 21.6. The van der Waals surface area contributed by atoms with Crippen LogP contribution in [-0.2, 0) is 5.41 Å². The lowest BCUT2D eigenvalue weighted by Crippen LogP contribution is -2.24. The summed E-state index contributed by atoms with van der Waals surface area (Å²) >= 11 is 0. The smallest absolute Gasteiger partial charge is 0.139 e. The van der Waals surface area contributed by atoms with Gasteiger partial charge in [0, 0.05) is 27.3 Å². The first-order valence-corrected chi connectivity index (χ1v) is 13.6. The Labute approximate surface area is 209 Å². The maximum atomic E-state index is 6.62. The van der Waals surface area contributed by atoms with E-state index in [2.05, 4.69) is 94.4 Å². The molecule has 1 heteroatoms. The quantitative estimate of drug-likeness (QED) is 0.226. The minimum atomic E-state index is -0.0976. The summed E-state index contributed by atoms with van der Waals surface area (Å²) in [6.45, 7) is 8.93. The third kappa shape index (κ3) is 3.43. The van der Waals surface area contributed by atoms with Gasteiger partial charge in [-0.25, -0.2) is 0 Å². The van der Waals surface area contributed by atoms with E-state index in [1.54, 1.807) is 5.56 Å². The molecule has 7 rings (SSSR count). The van der Waals surface area contributed by atoms with E-state index in [0.717, 1.165) is 11.5 Å². The first kappa shape index (κ1) is 22.4. The first-order chi connectivity index (χ1) is 17.0. The highest BCUT2D eigenvalue weighted by atomic mass is 16.5. The standard InChI is InChI=1S/C31H28O.C3H8/c1-31(2)25-13-6-7-14-27(25)32-30-23-16-15-20-11-8-12-22-24(19-9-4-3-5-10-19)17-21(18-26(30)31)29(23)28(20)22;1-3-2/h6-8,11-19H,3-5,9-10H2,1-2H3;3H2,1-2H3. The molecule has 0 amide bonds. The van der Waals surface area contributed by atoms with Crippen molar-refractivity contribution in [2.24, 2.45) is 0 Å². The number of benzene rings is 5. The van der Waals surface area contributed by atoms with Crippen LogP contribution in [0.15, 0.2) is 66.7 Å². The Kier molecular flexibility index (Phi) is 5.48. The summed E-state index contributed by atoms with van der Waals surface area (Å²) < 4.78 is 6.62. The fourth-order valence-corrected chi connectivity index (χ4v) is 6.56. The fraction of sp³-hybridized carbons (Fsp3) is 0.353. The van der Waals surface area contributed by atoms with Crippen LogP contribution in [0.3, 0.4) is 0 Å². The van der Waals surface area contributed by atoms with Crippen LogP contribution in [0, 0.1) is 0 Å². The normalized spacial score (nSPS) is 17.0. The fourth-order valence-electron chi connectivity index (χ4n) is 6.56. The lowest BCUT2D eigenvalue weighted by atomic mass is 9.73. The van der Waals surface area contributed by atoms with Crippen LogP contribution in [0.4, 0.5) is 0 Å². The van der Waals surface area contributed by atoms with Crippen molar-refractivity contribution in [3.63, 3.8) is 0 Å². The van der Waals surface area contributed by atoms with Gasteiger partial charge < -0.3 is 4.74 Å². The molecule has 1 heterocycles. The maximum Gasteiger partial charge on any atom is 0.139 e. The molecule has 0 bridgehead atoms. The van der Waals surface area contributed by atoms with Crippen LogP contribution < -0.4 is 4.74 Å². The molecule has 1 nitrogen and oxygen atoms in total. The molecule has 0 saturated heterocycles. The molecule has 2 aliphatic rings. The van der Waals surface area contributed by atoms with Gasteiger partial charge in [-0.3, -0.25) is 0 Å².